The number of sulfonamides is 1. The molecule has 0 aliphatic heterocycles. The third-order valence-corrected chi connectivity index (χ3v) is 5.78. The fraction of sp³-hybridized carbons (Fsp3) is 0.200. The summed E-state index contributed by atoms with van der Waals surface area (Å²) >= 11 is 4.32. The quantitative estimate of drug-likeness (QED) is 0.818. The summed E-state index contributed by atoms with van der Waals surface area (Å²) in [6.07, 6.45) is 2.80. The van der Waals surface area contributed by atoms with Crippen molar-refractivity contribution in [3.05, 3.63) is 28.3 Å². The van der Waals surface area contributed by atoms with E-state index in [-0.39, 0.29) is 16.7 Å². The van der Waals surface area contributed by atoms with E-state index >= 15 is 0 Å². The van der Waals surface area contributed by atoms with E-state index in [1.54, 1.807) is 6.07 Å². The van der Waals surface area contributed by atoms with E-state index in [9.17, 15) is 13.2 Å². The highest BCUT2D eigenvalue weighted by molar-refractivity contribution is 9.11. The molecule has 0 spiro atoms. The van der Waals surface area contributed by atoms with Crippen LogP contribution in [-0.2, 0) is 21.4 Å². The molecule has 2 aromatic heterocycles. The Hall–Kier alpha value is -1.39. The first kappa shape index (κ1) is 15.0. The Kier molecular flexibility index (Phi) is 4.45. The van der Waals surface area contributed by atoms with Gasteiger partial charge in [-0.15, -0.1) is 11.3 Å². The summed E-state index contributed by atoms with van der Waals surface area (Å²) < 4.78 is 28.8. The standard InChI is InChI=1S/C10H11BrN4O3S2/c1-12-9(16)6-15-5-7(4-13-15)14-20(17,18)10-3-2-8(11)19-10/h2-5,14H,6H2,1H3,(H,12,16). The van der Waals surface area contributed by atoms with Crippen LogP contribution in [0.1, 0.15) is 0 Å². The van der Waals surface area contributed by atoms with Gasteiger partial charge in [0.05, 0.1) is 15.7 Å². The van der Waals surface area contributed by atoms with E-state index < -0.39 is 10.0 Å². The first-order chi connectivity index (χ1) is 9.40. The van der Waals surface area contributed by atoms with Crippen LogP contribution in [0.3, 0.4) is 0 Å². The van der Waals surface area contributed by atoms with Crippen LogP contribution in [0.5, 0.6) is 0 Å². The van der Waals surface area contributed by atoms with Gasteiger partial charge in [0.2, 0.25) is 5.91 Å². The van der Waals surface area contributed by atoms with Gasteiger partial charge in [-0.1, -0.05) is 0 Å². The lowest BCUT2D eigenvalue weighted by Gasteiger charge is -2.02. The molecule has 0 saturated carbocycles. The van der Waals surface area contributed by atoms with E-state index in [1.165, 1.54) is 30.2 Å². The molecule has 2 aromatic rings. The first-order valence-electron chi connectivity index (χ1n) is 5.42. The largest absolute Gasteiger partial charge is 0.358 e. The van der Waals surface area contributed by atoms with Crippen molar-refractivity contribution in [1.29, 1.82) is 0 Å². The van der Waals surface area contributed by atoms with Crippen molar-refractivity contribution in [3.63, 3.8) is 0 Å². The summed E-state index contributed by atoms with van der Waals surface area (Å²) in [6.45, 7) is 0.0305. The molecule has 2 N–H and O–H groups in total. The van der Waals surface area contributed by atoms with Crippen LogP contribution in [0, 0.1) is 0 Å². The Labute approximate surface area is 128 Å². The highest BCUT2D eigenvalue weighted by Crippen LogP contribution is 2.27. The molecule has 1 amide bonds. The Balaban J connectivity index is 2.12. The topological polar surface area (TPSA) is 93.1 Å². The highest BCUT2D eigenvalue weighted by Gasteiger charge is 2.17. The first-order valence-corrected chi connectivity index (χ1v) is 8.51. The Morgan fingerprint density at radius 3 is 2.85 bits per heavy atom. The highest BCUT2D eigenvalue weighted by atomic mass is 79.9. The lowest BCUT2D eigenvalue weighted by atomic mass is 10.6. The molecule has 2 rings (SSSR count). The molecule has 20 heavy (non-hydrogen) atoms. The SMILES string of the molecule is CNC(=O)Cn1cc(NS(=O)(=O)c2ccc(Br)s2)cn1. The van der Waals surface area contributed by atoms with Crippen LogP contribution in [0.25, 0.3) is 0 Å². The number of rotatable bonds is 5. The van der Waals surface area contributed by atoms with Crippen molar-refractivity contribution in [2.75, 3.05) is 11.8 Å². The van der Waals surface area contributed by atoms with Gasteiger partial charge in [-0.3, -0.25) is 14.2 Å². The molecule has 0 aromatic carbocycles. The summed E-state index contributed by atoms with van der Waals surface area (Å²) in [5.74, 6) is -0.218. The molecule has 0 saturated heterocycles. The molecule has 0 unspecified atom stereocenters. The third-order valence-electron chi connectivity index (χ3n) is 2.28. The number of amides is 1. The zero-order valence-electron chi connectivity index (χ0n) is 10.3. The van der Waals surface area contributed by atoms with Crippen LogP contribution in [0.15, 0.2) is 32.5 Å². The normalized spacial score (nSPS) is 11.3. The molecular formula is C10H11BrN4O3S2. The second-order valence-electron chi connectivity index (χ2n) is 3.76. The van der Waals surface area contributed by atoms with Gasteiger partial charge in [0.15, 0.2) is 0 Å². The molecule has 10 heteroatoms. The van der Waals surface area contributed by atoms with E-state index in [0.717, 1.165) is 15.1 Å². The van der Waals surface area contributed by atoms with Crippen molar-refractivity contribution in [2.24, 2.45) is 0 Å². The van der Waals surface area contributed by atoms with Gasteiger partial charge in [-0.2, -0.15) is 5.10 Å². The maximum atomic E-state index is 12.1. The number of carbonyl (C=O) groups excluding carboxylic acids is 1. The van der Waals surface area contributed by atoms with Gasteiger partial charge in [0, 0.05) is 13.2 Å². The van der Waals surface area contributed by atoms with Crippen LogP contribution in [0.4, 0.5) is 5.69 Å². The van der Waals surface area contributed by atoms with Gasteiger partial charge in [-0.05, 0) is 28.1 Å². The molecule has 0 aliphatic rings. The minimum atomic E-state index is -3.63. The molecule has 108 valence electrons. The van der Waals surface area contributed by atoms with Crippen molar-refractivity contribution in [2.45, 2.75) is 10.8 Å². The summed E-state index contributed by atoms with van der Waals surface area (Å²) in [7, 11) is -2.11. The second kappa shape index (κ2) is 5.94. The molecule has 7 nitrogen and oxygen atoms in total. The van der Waals surface area contributed by atoms with E-state index in [2.05, 4.69) is 31.1 Å². The van der Waals surface area contributed by atoms with Crippen LogP contribution in [0.2, 0.25) is 0 Å². The second-order valence-corrected chi connectivity index (χ2v) is 8.14. The summed E-state index contributed by atoms with van der Waals surface area (Å²) in [5.41, 5.74) is 0.304. The number of hydrogen-bond acceptors (Lipinski definition) is 5. The Morgan fingerprint density at radius 1 is 1.50 bits per heavy atom. The van der Waals surface area contributed by atoms with Crippen LogP contribution < -0.4 is 10.0 Å². The molecule has 0 aliphatic carbocycles. The zero-order valence-corrected chi connectivity index (χ0v) is 13.5. The van der Waals surface area contributed by atoms with Gasteiger partial charge < -0.3 is 5.32 Å². The van der Waals surface area contributed by atoms with Gasteiger partial charge >= 0.3 is 0 Å². The van der Waals surface area contributed by atoms with Gasteiger partial charge in [0.25, 0.3) is 10.0 Å². The van der Waals surface area contributed by atoms with Crippen molar-refractivity contribution in [1.82, 2.24) is 15.1 Å². The third kappa shape index (κ3) is 3.58. The van der Waals surface area contributed by atoms with Crippen LogP contribution in [-0.4, -0.2) is 31.2 Å². The summed E-state index contributed by atoms with van der Waals surface area (Å²) in [5, 5.41) is 6.37. The van der Waals surface area contributed by atoms with E-state index in [1.807, 2.05) is 0 Å². The summed E-state index contributed by atoms with van der Waals surface area (Å²) in [4.78, 5) is 11.2. The minimum absolute atomic E-state index is 0.0305. The number of aromatic nitrogens is 2. The maximum Gasteiger partial charge on any atom is 0.271 e. The predicted molar refractivity (Wildman–Crippen MR) is 79.1 cm³/mol. The smallest absolute Gasteiger partial charge is 0.271 e. The Bertz CT molecular complexity index is 722. The lowest BCUT2D eigenvalue weighted by Crippen LogP contribution is -2.23. The van der Waals surface area contributed by atoms with Crippen LogP contribution >= 0.6 is 27.3 Å². The number of thiophene rings is 1. The number of anilines is 1. The summed E-state index contributed by atoms with van der Waals surface area (Å²) in [6, 6.07) is 3.17. The van der Waals surface area contributed by atoms with Crippen molar-refractivity contribution >= 4 is 48.9 Å². The van der Waals surface area contributed by atoms with Crippen molar-refractivity contribution in [3.8, 4) is 0 Å². The lowest BCUT2D eigenvalue weighted by molar-refractivity contribution is -0.121. The van der Waals surface area contributed by atoms with E-state index in [4.69, 9.17) is 0 Å². The molecular weight excluding hydrogens is 368 g/mol. The van der Waals surface area contributed by atoms with Gasteiger partial charge in [0.1, 0.15) is 10.8 Å². The monoisotopic (exact) mass is 378 g/mol. The fourth-order valence-electron chi connectivity index (χ4n) is 1.38. The number of halogens is 1. The average Bonchev–Trinajstić information content (AvgIpc) is 2.98. The molecule has 0 radical (unpaired) electrons. The molecule has 2 heterocycles. The molecule has 0 fully saturated rings. The number of nitrogens with zero attached hydrogens (tertiary/aromatic N) is 2. The average molecular weight is 379 g/mol. The zero-order chi connectivity index (χ0) is 14.8. The number of carbonyl (C=O) groups is 1. The number of hydrogen-bond donors (Lipinski definition) is 2. The van der Waals surface area contributed by atoms with Gasteiger partial charge in [-0.25, -0.2) is 8.42 Å². The molecule has 0 atom stereocenters. The molecule has 0 bridgehead atoms. The van der Waals surface area contributed by atoms with E-state index in [0.29, 0.717) is 5.69 Å². The minimum Gasteiger partial charge on any atom is -0.358 e. The fourth-order valence-corrected chi connectivity index (χ4v) is 4.41. The number of nitrogens with one attached hydrogen (secondary N) is 2. The maximum absolute atomic E-state index is 12.1. The van der Waals surface area contributed by atoms with Crippen molar-refractivity contribution < 1.29 is 13.2 Å². The Morgan fingerprint density at radius 2 is 2.25 bits per heavy atom. The number of likely N-dealkylation sites (N-methyl/N-ethyl adjacent to an activating group) is 1. The predicted octanol–water partition coefficient (Wildman–Crippen LogP) is 1.25.